The van der Waals surface area contributed by atoms with E-state index >= 15 is 0 Å². The van der Waals surface area contributed by atoms with Crippen LogP contribution in [0.1, 0.15) is 30.7 Å². The number of hydrogen-bond acceptors (Lipinski definition) is 12. The predicted octanol–water partition coefficient (Wildman–Crippen LogP) is 2.00. The Bertz CT molecular complexity index is 2190. The number of nitrogens with two attached hydrogens (primary N) is 1. The maximum absolute atomic E-state index is 13.3. The standard InChI is InChI=1S/C33H31N7O9S2/c1-33(2,31(47)48)49-37-24(19-14-51-32(34)35-19)27(43)36-25-28(44)40-26(30(45)46)18(13-50-29(25)40)9-8-16-4-6-17(7-5-16)12-39-15-38(3)20-10-22(41)23(42)11-21(20)39/h4-11,14-15,25,29H,12-13H2,1-3H3,(H6-,34,35,36,37,41,42,43,45,46,47,48)/p+1/b9-8+/t25-,29-/m1/s1. The summed E-state index contributed by atoms with van der Waals surface area (Å²) in [4.78, 5) is 60.8. The van der Waals surface area contributed by atoms with Crippen LogP contribution in [0, 0.1) is 0 Å². The molecule has 2 aliphatic heterocycles. The van der Waals surface area contributed by atoms with Crippen LogP contribution in [0.15, 0.2) is 70.6 Å². The van der Waals surface area contributed by atoms with Gasteiger partial charge < -0.3 is 36.3 Å². The molecule has 2 aromatic carbocycles. The lowest BCUT2D eigenvalue weighted by atomic mass is 10.0. The van der Waals surface area contributed by atoms with Crippen molar-refractivity contribution in [1.29, 1.82) is 0 Å². The van der Waals surface area contributed by atoms with Crippen molar-refractivity contribution in [2.24, 2.45) is 12.2 Å². The van der Waals surface area contributed by atoms with Gasteiger partial charge in [0.15, 0.2) is 33.4 Å². The number of aromatic nitrogens is 3. The van der Waals surface area contributed by atoms with Crippen molar-refractivity contribution in [3.05, 3.63) is 82.3 Å². The highest BCUT2D eigenvalue weighted by Gasteiger charge is 2.54. The summed E-state index contributed by atoms with van der Waals surface area (Å²) in [5.41, 5.74) is 7.00. The monoisotopic (exact) mass is 734 g/mol. The second-order valence-electron chi connectivity index (χ2n) is 12.2. The van der Waals surface area contributed by atoms with Gasteiger partial charge in [0.25, 0.3) is 11.8 Å². The zero-order valence-electron chi connectivity index (χ0n) is 27.3. The average Bonchev–Trinajstić information content (AvgIpc) is 3.64. The first kappa shape index (κ1) is 35.0. The zero-order valence-corrected chi connectivity index (χ0v) is 28.9. The van der Waals surface area contributed by atoms with Crippen molar-refractivity contribution in [3.63, 3.8) is 0 Å². The van der Waals surface area contributed by atoms with Crippen molar-refractivity contribution in [2.75, 3.05) is 11.5 Å². The fraction of sp³-hybridized carbons (Fsp3) is 0.242. The number of amides is 2. The summed E-state index contributed by atoms with van der Waals surface area (Å²) in [6.07, 6.45) is 5.26. The third-order valence-electron chi connectivity index (χ3n) is 8.23. The number of carboxylic acids is 2. The zero-order chi connectivity index (χ0) is 36.8. The summed E-state index contributed by atoms with van der Waals surface area (Å²) in [6.45, 7) is 2.97. The highest BCUT2D eigenvalue weighted by molar-refractivity contribution is 8.00. The van der Waals surface area contributed by atoms with Crippen LogP contribution in [0.3, 0.4) is 0 Å². The first-order valence-corrected chi connectivity index (χ1v) is 17.2. The van der Waals surface area contributed by atoms with E-state index in [1.165, 1.54) is 43.1 Å². The van der Waals surface area contributed by atoms with Gasteiger partial charge in [0.1, 0.15) is 29.4 Å². The molecule has 264 valence electrons. The lowest BCUT2D eigenvalue weighted by molar-refractivity contribution is -0.645. The number of rotatable bonds is 11. The minimum Gasteiger partial charge on any atom is -0.504 e. The van der Waals surface area contributed by atoms with Crippen LogP contribution in [0.2, 0.25) is 0 Å². The van der Waals surface area contributed by atoms with E-state index in [1.54, 1.807) is 12.2 Å². The molecule has 0 aliphatic carbocycles. The number of phenols is 2. The molecule has 2 aliphatic rings. The maximum atomic E-state index is 13.3. The molecule has 1 fully saturated rings. The Morgan fingerprint density at radius 2 is 1.86 bits per heavy atom. The normalized spacial score (nSPS) is 17.8. The van der Waals surface area contributed by atoms with Crippen LogP contribution in [0.25, 0.3) is 17.1 Å². The molecule has 0 bridgehead atoms. The molecule has 4 aromatic rings. The molecule has 7 N–H and O–H groups in total. The number of aryl methyl sites for hydroxylation is 1. The number of allylic oxidation sites excluding steroid dienone is 1. The second kappa shape index (κ2) is 13.4. The molecule has 2 aromatic heterocycles. The number of nitrogens with one attached hydrogen (secondary N) is 1. The third kappa shape index (κ3) is 6.82. The molecule has 2 atom stereocenters. The van der Waals surface area contributed by atoms with Crippen LogP contribution in [-0.2, 0) is 37.6 Å². The number of aliphatic carboxylic acids is 2. The van der Waals surface area contributed by atoms with E-state index in [4.69, 9.17) is 10.6 Å². The largest absolute Gasteiger partial charge is 0.504 e. The Morgan fingerprint density at radius 3 is 2.51 bits per heavy atom. The number of fused-ring (bicyclic) bond motifs is 2. The number of β-lactam (4-membered cyclic amide) rings is 1. The third-order valence-corrected chi connectivity index (χ3v) is 10.2. The van der Waals surface area contributed by atoms with Gasteiger partial charge in [-0.3, -0.25) is 14.5 Å². The molecule has 1 saturated heterocycles. The first-order valence-electron chi connectivity index (χ1n) is 15.2. The molecular formula is C33H32N7O9S2+. The molecule has 51 heavy (non-hydrogen) atoms. The lowest BCUT2D eigenvalue weighted by Crippen LogP contribution is -2.71. The van der Waals surface area contributed by atoms with Gasteiger partial charge in [-0.25, -0.2) is 23.7 Å². The van der Waals surface area contributed by atoms with Gasteiger partial charge >= 0.3 is 11.9 Å². The van der Waals surface area contributed by atoms with Gasteiger partial charge in [0.2, 0.25) is 11.9 Å². The summed E-state index contributed by atoms with van der Waals surface area (Å²) in [5, 5.41) is 46.5. The fourth-order valence-corrected chi connectivity index (χ4v) is 7.30. The van der Waals surface area contributed by atoms with Gasteiger partial charge in [-0.2, -0.15) is 0 Å². The second-order valence-corrected chi connectivity index (χ2v) is 14.2. The molecule has 6 rings (SSSR count). The predicted molar refractivity (Wildman–Crippen MR) is 187 cm³/mol. The lowest BCUT2D eigenvalue weighted by Gasteiger charge is -2.49. The minimum atomic E-state index is -1.78. The first-order chi connectivity index (χ1) is 24.1. The van der Waals surface area contributed by atoms with Gasteiger partial charge in [-0.1, -0.05) is 41.6 Å². The van der Waals surface area contributed by atoms with E-state index in [9.17, 15) is 39.6 Å². The molecule has 18 heteroatoms. The number of carboxylic acid groups (broad SMARTS) is 2. The van der Waals surface area contributed by atoms with E-state index in [0.29, 0.717) is 12.1 Å². The molecular weight excluding hydrogens is 703 g/mol. The van der Waals surface area contributed by atoms with Crippen molar-refractivity contribution >= 4 is 74.8 Å². The number of oxime groups is 1. The molecule has 0 saturated carbocycles. The summed E-state index contributed by atoms with van der Waals surface area (Å²) < 4.78 is 3.78. The van der Waals surface area contributed by atoms with E-state index < -0.39 is 46.5 Å². The summed E-state index contributed by atoms with van der Waals surface area (Å²) >= 11 is 2.29. The van der Waals surface area contributed by atoms with Gasteiger partial charge in [-0.05, 0) is 30.5 Å². The Hall–Kier alpha value is -5.88. The molecule has 4 heterocycles. The Kier molecular flexibility index (Phi) is 9.22. The van der Waals surface area contributed by atoms with E-state index in [2.05, 4.69) is 15.5 Å². The summed E-state index contributed by atoms with van der Waals surface area (Å²) in [7, 11) is 1.84. The number of benzene rings is 2. The quantitative estimate of drug-likeness (QED) is 0.0427. The van der Waals surface area contributed by atoms with Gasteiger partial charge in [-0.15, -0.1) is 23.1 Å². The Labute approximate surface area is 297 Å². The number of phenolic OH excluding ortho intramolecular Hbond substituents is 2. The molecule has 0 unspecified atom stereocenters. The van der Waals surface area contributed by atoms with Crippen molar-refractivity contribution in [2.45, 2.75) is 37.4 Å². The van der Waals surface area contributed by atoms with Gasteiger partial charge in [0, 0.05) is 23.3 Å². The number of imidazole rings is 1. The van der Waals surface area contributed by atoms with E-state index in [1.807, 2.05) is 46.8 Å². The minimum absolute atomic E-state index is 0.0106. The number of thiazole rings is 1. The highest BCUT2D eigenvalue weighted by Crippen LogP contribution is 2.41. The number of thioether (sulfide) groups is 1. The molecule has 0 radical (unpaired) electrons. The molecule has 0 spiro atoms. The molecule has 16 nitrogen and oxygen atoms in total. The SMILES string of the molecule is C[n+]1cn(Cc2ccc(/C=C/C3=C(C(=O)O)N4C(=O)[C@@H](NC(=O)/C(=N\OC(C)(C)C(=O)O)c5csc(N)n5)[C@H]4SC3)cc2)c2cc(O)c(O)cc21. The van der Waals surface area contributed by atoms with Crippen molar-refractivity contribution in [3.8, 4) is 11.5 Å². The number of carbonyl (C=O) groups is 4. The van der Waals surface area contributed by atoms with Crippen molar-refractivity contribution < 1.29 is 49.0 Å². The maximum Gasteiger partial charge on any atom is 0.352 e. The van der Waals surface area contributed by atoms with E-state index in [0.717, 1.165) is 38.4 Å². The smallest absolute Gasteiger partial charge is 0.352 e. The Morgan fingerprint density at radius 1 is 1.16 bits per heavy atom. The molecule has 2 amide bonds. The van der Waals surface area contributed by atoms with Crippen LogP contribution in [0.5, 0.6) is 11.5 Å². The summed E-state index contributed by atoms with van der Waals surface area (Å²) in [5.74, 6) is -4.34. The van der Waals surface area contributed by atoms with Crippen LogP contribution in [-0.4, -0.2) is 87.1 Å². The van der Waals surface area contributed by atoms with Crippen molar-refractivity contribution in [1.82, 2.24) is 19.8 Å². The number of aromatic hydroxyl groups is 2. The van der Waals surface area contributed by atoms with Gasteiger partial charge in [0.05, 0.1) is 7.05 Å². The number of anilines is 1. The van der Waals surface area contributed by atoms with Crippen LogP contribution < -0.4 is 15.6 Å². The number of nitrogens with zero attached hydrogens (tertiary/aromatic N) is 5. The fourth-order valence-electron chi connectivity index (χ4n) is 5.43. The van der Waals surface area contributed by atoms with Crippen LogP contribution >= 0.6 is 23.1 Å². The number of hydrogen-bond donors (Lipinski definition) is 6. The number of nitrogen functional groups attached to an aromatic ring is 1. The Balaban J connectivity index is 1.16. The van der Waals surface area contributed by atoms with Crippen LogP contribution in [0.4, 0.5) is 5.13 Å². The average molecular weight is 735 g/mol. The number of carbonyl (C=O) groups excluding carboxylic acids is 2. The van der Waals surface area contributed by atoms with E-state index in [-0.39, 0.29) is 33.8 Å². The summed E-state index contributed by atoms with van der Waals surface area (Å²) in [6, 6.07) is 9.49. The highest BCUT2D eigenvalue weighted by atomic mass is 32.2. The topological polar surface area (TPSA) is 234 Å².